The van der Waals surface area contributed by atoms with Crippen LogP contribution in [0.1, 0.15) is 22.3 Å². The van der Waals surface area contributed by atoms with Crippen molar-refractivity contribution in [3.8, 4) is 0 Å². The number of benzene rings is 4. The molecule has 0 radical (unpaired) electrons. The Morgan fingerprint density at radius 2 is 0.568 bits per heavy atom. The summed E-state index contributed by atoms with van der Waals surface area (Å²) in [7, 11) is 0. The quantitative estimate of drug-likeness (QED) is 0.151. The van der Waals surface area contributed by atoms with Crippen molar-refractivity contribution in [3.05, 3.63) is 95.1 Å². The van der Waals surface area contributed by atoms with Crippen LogP contribution in [0.25, 0.3) is 43.9 Å². The van der Waals surface area contributed by atoms with E-state index in [4.69, 9.17) is 8.83 Å². The van der Waals surface area contributed by atoms with E-state index in [2.05, 4.69) is 105 Å². The first-order chi connectivity index (χ1) is 21.9. The molecule has 0 aliphatic carbocycles. The van der Waals surface area contributed by atoms with Gasteiger partial charge in [-0.15, -0.1) is 0 Å². The Hall–Kier alpha value is -3.76. The molecule has 6 aromatic rings. The van der Waals surface area contributed by atoms with Gasteiger partial charge in [0.2, 0.25) is 0 Å². The summed E-state index contributed by atoms with van der Waals surface area (Å²) < 4.78 is 13.0. The van der Waals surface area contributed by atoms with Crippen LogP contribution in [0.2, 0.25) is 0 Å². The zero-order valence-electron chi connectivity index (χ0n) is 25.2. The van der Waals surface area contributed by atoms with Crippen LogP contribution in [-0.4, -0.2) is 52.4 Å². The molecule has 7 rings (SSSR count). The molecule has 8 nitrogen and oxygen atoms in total. The average Bonchev–Trinajstić information content (AvgIpc) is 3.63. The largest absolute Gasteiger partial charge is 0.455 e. The molecule has 1 aliphatic heterocycles. The van der Waals surface area contributed by atoms with Gasteiger partial charge in [-0.25, -0.2) is 0 Å². The van der Waals surface area contributed by atoms with Gasteiger partial charge in [0, 0.05) is 122 Å². The van der Waals surface area contributed by atoms with E-state index in [1.54, 1.807) is 0 Å². The van der Waals surface area contributed by atoms with Crippen molar-refractivity contribution in [3.63, 3.8) is 0 Å². The third-order valence-electron chi connectivity index (χ3n) is 8.55. The van der Waals surface area contributed by atoms with E-state index in [-0.39, 0.29) is 0 Å². The third kappa shape index (κ3) is 6.23. The molecule has 44 heavy (non-hydrogen) atoms. The number of fused-ring (bicyclic) bond motifs is 2. The molecule has 3 heterocycles. The van der Waals surface area contributed by atoms with Gasteiger partial charge in [0.05, 0.1) is 0 Å². The van der Waals surface area contributed by atoms with E-state index in [1.165, 1.54) is 43.8 Å². The van der Waals surface area contributed by atoms with Crippen LogP contribution >= 0.6 is 0 Å². The van der Waals surface area contributed by atoms with Gasteiger partial charge in [0.1, 0.15) is 22.3 Å². The van der Waals surface area contributed by atoms with Crippen LogP contribution in [0.4, 0.5) is 0 Å². The van der Waals surface area contributed by atoms with Crippen molar-refractivity contribution in [2.24, 2.45) is 0 Å². The van der Waals surface area contributed by atoms with Gasteiger partial charge in [-0.3, -0.25) is 0 Å². The molecule has 1 aliphatic rings. The Kier molecular flexibility index (Phi) is 9.16. The molecule has 4 aromatic carbocycles. The molecule has 0 atom stereocenters. The molecule has 0 spiro atoms. The summed E-state index contributed by atoms with van der Waals surface area (Å²) in [4.78, 5) is 0. The molecule has 0 unspecified atom stereocenters. The lowest BCUT2D eigenvalue weighted by atomic mass is 10.1. The number of nitrogens with one attached hydrogen (secondary N) is 6. The summed E-state index contributed by atoms with van der Waals surface area (Å²) in [6.07, 6.45) is 0. The predicted molar refractivity (Wildman–Crippen MR) is 180 cm³/mol. The summed E-state index contributed by atoms with van der Waals surface area (Å²) in [6, 6.07) is 25.9. The minimum absolute atomic E-state index is 0.772. The van der Waals surface area contributed by atoms with Crippen LogP contribution in [0.5, 0.6) is 0 Å². The van der Waals surface area contributed by atoms with Gasteiger partial charge in [-0.2, -0.15) is 0 Å². The highest BCUT2D eigenvalue weighted by Crippen LogP contribution is 2.34. The van der Waals surface area contributed by atoms with Gasteiger partial charge in [-0.05, 0) is 0 Å². The number of hydrogen-bond acceptors (Lipinski definition) is 8. The second-order valence-corrected chi connectivity index (χ2v) is 11.6. The highest BCUT2D eigenvalue weighted by Gasteiger charge is 2.15. The van der Waals surface area contributed by atoms with Crippen molar-refractivity contribution >= 4 is 43.9 Å². The zero-order chi connectivity index (χ0) is 29.6. The summed E-state index contributed by atoms with van der Waals surface area (Å²) in [5, 5.41) is 26.2. The van der Waals surface area contributed by atoms with Crippen LogP contribution in [-0.2, 0) is 26.2 Å². The molecule has 8 heteroatoms. The molecular weight excluding hydrogens is 548 g/mol. The van der Waals surface area contributed by atoms with E-state index in [9.17, 15) is 0 Å². The van der Waals surface area contributed by atoms with Gasteiger partial charge in [-0.1, -0.05) is 72.8 Å². The fraction of sp³-hybridized carbons (Fsp3) is 0.333. The van der Waals surface area contributed by atoms with E-state index in [1.807, 2.05) is 0 Å². The number of furan rings is 2. The molecule has 0 saturated carbocycles. The lowest BCUT2D eigenvalue weighted by Gasteiger charge is -2.09. The number of rotatable bonds is 0. The minimum atomic E-state index is 0.772. The lowest BCUT2D eigenvalue weighted by molar-refractivity contribution is 0.571. The first-order valence-corrected chi connectivity index (χ1v) is 15.9. The van der Waals surface area contributed by atoms with E-state index in [0.717, 1.165) is 101 Å². The minimum Gasteiger partial charge on any atom is -0.455 e. The Morgan fingerprint density at radius 3 is 0.841 bits per heavy atom. The summed E-state index contributed by atoms with van der Waals surface area (Å²) >= 11 is 0. The lowest BCUT2D eigenvalue weighted by Crippen LogP contribution is -2.32. The van der Waals surface area contributed by atoms with Crippen molar-refractivity contribution in [2.75, 3.05) is 52.4 Å². The zero-order valence-corrected chi connectivity index (χ0v) is 25.2. The Bertz CT molecular complexity index is 1590. The smallest absolute Gasteiger partial charge is 0.139 e. The fourth-order valence-corrected chi connectivity index (χ4v) is 6.28. The van der Waals surface area contributed by atoms with Crippen LogP contribution in [0.15, 0.2) is 81.6 Å². The Morgan fingerprint density at radius 1 is 0.318 bits per heavy atom. The first kappa shape index (κ1) is 29.0. The highest BCUT2D eigenvalue weighted by molar-refractivity contribution is 6.07. The molecule has 228 valence electrons. The molecule has 2 aromatic heterocycles. The fourth-order valence-electron chi connectivity index (χ4n) is 6.28. The second-order valence-electron chi connectivity index (χ2n) is 11.6. The van der Waals surface area contributed by atoms with Crippen LogP contribution in [0, 0.1) is 0 Å². The maximum Gasteiger partial charge on any atom is 0.139 e. The van der Waals surface area contributed by atoms with E-state index >= 15 is 0 Å². The summed E-state index contributed by atoms with van der Waals surface area (Å²) in [5.74, 6) is 0. The Balaban J connectivity index is 1.04. The molecule has 6 N–H and O–H groups in total. The van der Waals surface area contributed by atoms with Crippen LogP contribution in [0.3, 0.4) is 0 Å². The highest BCUT2D eigenvalue weighted by atomic mass is 16.3. The standard InChI is InChI=1S/C36H42N6O2/c1-5-25-21-39-17-13-37-14-19-41-23-27-7-3-11-31-32-12-4-8-28(36(32)44-35(27)31)24-42-20-16-38-15-18-40-22-26-6-2-10-30-29(9-1)33(25)43-34(26)30/h1-12,37-42H,13-24H2. The number of hydrogen-bond donors (Lipinski definition) is 6. The molecule has 4 bridgehead atoms. The molecular formula is C36H42N6O2. The van der Waals surface area contributed by atoms with Gasteiger partial charge >= 0.3 is 0 Å². The van der Waals surface area contributed by atoms with Gasteiger partial charge in [0.15, 0.2) is 0 Å². The molecule has 0 amide bonds. The Labute approximate surface area is 257 Å². The summed E-state index contributed by atoms with van der Waals surface area (Å²) in [6.45, 7) is 10.2. The van der Waals surface area contributed by atoms with Crippen molar-refractivity contribution in [1.29, 1.82) is 0 Å². The normalized spacial score (nSPS) is 17.3. The average molecular weight is 591 g/mol. The van der Waals surface area contributed by atoms with Crippen molar-refractivity contribution in [2.45, 2.75) is 26.2 Å². The third-order valence-corrected chi connectivity index (χ3v) is 8.55. The maximum absolute atomic E-state index is 6.51. The first-order valence-electron chi connectivity index (χ1n) is 15.9. The number of para-hydroxylation sites is 4. The maximum atomic E-state index is 6.51. The van der Waals surface area contributed by atoms with E-state index < -0.39 is 0 Å². The second kappa shape index (κ2) is 13.9. The monoisotopic (exact) mass is 590 g/mol. The summed E-state index contributed by atoms with van der Waals surface area (Å²) in [5.41, 5.74) is 8.70. The van der Waals surface area contributed by atoms with Gasteiger partial charge < -0.3 is 40.7 Å². The van der Waals surface area contributed by atoms with E-state index in [0.29, 0.717) is 0 Å². The molecule has 0 saturated heterocycles. The van der Waals surface area contributed by atoms with Gasteiger partial charge in [0.25, 0.3) is 0 Å². The van der Waals surface area contributed by atoms with Crippen LogP contribution < -0.4 is 31.9 Å². The topological polar surface area (TPSA) is 98.5 Å². The predicted octanol–water partition coefficient (Wildman–Crippen LogP) is 4.74. The SMILES string of the molecule is c1cc2c3oc4c(cccc4c3c1)CNCCNCCNCc1cccc3c1oc1c(cccc13)CNCCNCCNC2. The van der Waals surface area contributed by atoms with Crippen molar-refractivity contribution in [1.82, 2.24) is 31.9 Å². The van der Waals surface area contributed by atoms with Crippen molar-refractivity contribution < 1.29 is 8.83 Å². The molecule has 0 fully saturated rings.